The van der Waals surface area contributed by atoms with Gasteiger partial charge < -0.3 is 9.80 Å². The number of ketones is 1. The Hall–Kier alpha value is -3.27. The molecule has 5 heteroatoms. The van der Waals surface area contributed by atoms with Gasteiger partial charge in [0.05, 0.1) is 10.0 Å². The number of carbonyl (C=O) groups excluding carboxylic acids is 1. The molecule has 3 nitrogen and oxygen atoms in total. The average molecular weight is 570 g/mol. The monoisotopic (exact) mass is 568 g/mol. The lowest BCUT2D eigenvalue weighted by atomic mass is 9.85. The van der Waals surface area contributed by atoms with Gasteiger partial charge in [-0.3, -0.25) is 4.79 Å². The molecule has 4 aromatic rings. The molecule has 2 aliphatic rings. The first-order valence-electron chi connectivity index (χ1n) is 14.4. The summed E-state index contributed by atoms with van der Waals surface area (Å²) in [6.07, 6.45) is 5.63. The highest BCUT2D eigenvalue weighted by atomic mass is 35.5. The van der Waals surface area contributed by atoms with Crippen LogP contribution in [0.25, 0.3) is 0 Å². The van der Waals surface area contributed by atoms with Crippen LogP contribution in [0.3, 0.4) is 0 Å². The molecule has 0 fully saturated rings. The minimum Gasteiger partial charge on any atom is -0.341 e. The van der Waals surface area contributed by atoms with Gasteiger partial charge in [-0.25, -0.2) is 0 Å². The van der Waals surface area contributed by atoms with E-state index in [9.17, 15) is 4.79 Å². The van der Waals surface area contributed by atoms with E-state index in [0.29, 0.717) is 34.0 Å². The van der Waals surface area contributed by atoms with Crippen molar-refractivity contribution >= 4 is 51.7 Å². The Kier molecular flexibility index (Phi) is 7.61. The van der Waals surface area contributed by atoms with Crippen LogP contribution in [0, 0.1) is 0 Å². The average Bonchev–Trinajstić information content (AvgIpc) is 2.97. The Morgan fingerprint density at radius 2 is 1.05 bits per heavy atom. The number of fused-ring (bicyclic) bond motifs is 4. The van der Waals surface area contributed by atoms with Crippen LogP contribution in [0.4, 0.5) is 22.7 Å². The summed E-state index contributed by atoms with van der Waals surface area (Å²) in [7, 11) is 0. The molecule has 0 saturated heterocycles. The predicted octanol–water partition coefficient (Wildman–Crippen LogP) is 9.91. The summed E-state index contributed by atoms with van der Waals surface area (Å²) >= 11 is 13.8. The topological polar surface area (TPSA) is 23.6 Å². The van der Waals surface area contributed by atoms with Crippen molar-refractivity contribution in [3.8, 4) is 0 Å². The van der Waals surface area contributed by atoms with Gasteiger partial charge in [0.25, 0.3) is 0 Å². The van der Waals surface area contributed by atoms with E-state index in [0.717, 1.165) is 61.3 Å². The standard InChI is InChI=1S/C35H34Cl2N2O/c1-3-5-19-38-29-13-9-7-11-23(29)21-25-31(38)17-15-27(36)33(25)35(40)34-26-22-24-12-8-10-14-30(24)39(20-6-4-2)32(26)18-16-28(34)37/h7-18H,3-6,19-22H2,1-2H3. The van der Waals surface area contributed by atoms with E-state index >= 15 is 0 Å². The Balaban J connectivity index is 1.51. The minimum atomic E-state index is -0.0895. The molecule has 4 aromatic carbocycles. The van der Waals surface area contributed by atoms with Gasteiger partial charge in [-0.05, 0) is 71.5 Å². The zero-order valence-electron chi connectivity index (χ0n) is 23.1. The highest BCUT2D eigenvalue weighted by Crippen LogP contribution is 2.46. The second-order valence-electron chi connectivity index (χ2n) is 10.8. The van der Waals surface area contributed by atoms with Crippen molar-refractivity contribution in [3.63, 3.8) is 0 Å². The van der Waals surface area contributed by atoms with Gasteiger partial charge in [-0.1, -0.05) is 86.3 Å². The van der Waals surface area contributed by atoms with E-state index in [1.807, 2.05) is 12.1 Å². The van der Waals surface area contributed by atoms with Crippen molar-refractivity contribution in [1.29, 1.82) is 0 Å². The first-order valence-corrected chi connectivity index (χ1v) is 15.2. The summed E-state index contributed by atoms with van der Waals surface area (Å²) in [4.78, 5) is 19.4. The van der Waals surface area contributed by atoms with Crippen LogP contribution < -0.4 is 9.80 Å². The molecule has 0 saturated carbocycles. The number of nitrogens with zero attached hydrogens (tertiary/aromatic N) is 2. The van der Waals surface area contributed by atoms with Crippen molar-refractivity contribution in [1.82, 2.24) is 0 Å². The quantitative estimate of drug-likeness (QED) is 0.197. The van der Waals surface area contributed by atoms with Crippen LogP contribution in [0.15, 0.2) is 72.8 Å². The predicted molar refractivity (Wildman–Crippen MR) is 169 cm³/mol. The molecule has 2 aliphatic heterocycles. The molecule has 0 N–H and O–H groups in total. The number of hydrogen-bond donors (Lipinski definition) is 0. The number of halogens is 2. The van der Waals surface area contributed by atoms with Gasteiger partial charge in [0.2, 0.25) is 0 Å². The molecule has 0 unspecified atom stereocenters. The van der Waals surface area contributed by atoms with Crippen LogP contribution in [0.1, 0.15) is 77.7 Å². The van der Waals surface area contributed by atoms with Gasteiger partial charge in [0, 0.05) is 59.8 Å². The second kappa shape index (κ2) is 11.3. The Morgan fingerprint density at radius 1 is 0.625 bits per heavy atom. The molecule has 0 amide bonds. The lowest BCUT2D eigenvalue weighted by Gasteiger charge is -2.36. The fraction of sp³-hybridized carbons (Fsp3) is 0.286. The van der Waals surface area contributed by atoms with Gasteiger partial charge in [-0.2, -0.15) is 0 Å². The fourth-order valence-corrected chi connectivity index (χ4v) is 6.82. The number of para-hydroxylation sites is 2. The molecular formula is C35H34Cl2N2O. The molecule has 0 aromatic heterocycles. The molecule has 6 rings (SSSR count). The van der Waals surface area contributed by atoms with Gasteiger partial charge >= 0.3 is 0 Å². The number of carbonyl (C=O) groups is 1. The molecule has 0 aliphatic carbocycles. The maximum atomic E-state index is 14.7. The van der Waals surface area contributed by atoms with E-state index in [-0.39, 0.29) is 5.78 Å². The van der Waals surface area contributed by atoms with Gasteiger partial charge in [-0.15, -0.1) is 0 Å². The Morgan fingerprint density at radius 3 is 1.48 bits per heavy atom. The molecule has 40 heavy (non-hydrogen) atoms. The van der Waals surface area contributed by atoms with Crippen molar-refractivity contribution in [2.24, 2.45) is 0 Å². The minimum absolute atomic E-state index is 0.0895. The van der Waals surface area contributed by atoms with E-state index < -0.39 is 0 Å². The third-order valence-electron chi connectivity index (χ3n) is 8.28. The van der Waals surface area contributed by atoms with Crippen LogP contribution in [-0.2, 0) is 12.8 Å². The van der Waals surface area contributed by atoms with E-state index in [2.05, 4.69) is 84.3 Å². The first kappa shape index (κ1) is 26.9. The first-order chi connectivity index (χ1) is 19.5. The number of hydrogen-bond acceptors (Lipinski definition) is 3. The van der Waals surface area contributed by atoms with Crippen LogP contribution in [0.2, 0.25) is 10.0 Å². The van der Waals surface area contributed by atoms with Crippen LogP contribution in [0.5, 0.6) is 0 Å². The van der Waals surface area contributed by atoms with Crippen LogP contribution >= 0.6 is 23.2 Å². The number of benzene rings is 4. The van der Waals surface area contributed by atoms with E-state index in [1.54, 1.807) is 0 Å². The number of anilines is 4. The summed E-state index contributed by atoms with van der Waals surface area (Å²) in [6.45, 7) is 6.19. The number of rotatable bonds is 8. The van der Waals surface area contributed by atoms with Crippen LogP contribution in [-0.4, -0.2) is 18.9 Å². The normalized spacial score (nSPS) is 13.4. The molecule has 0 atom stereocenters. The summed E-state index contributed by atoms with van der Waals surface area (Å²) in [5.74, 6) is -0.0895. The third-order valence-corrected chi connectivity index (χ3v) is 8.91. The maximum Gasteiger partial charge on any atom is 0.196 e. The fourth-order valence-electron chi connectivity index (χ4n) is 6.30. The third kappa shape index (κ3) is 4.60. The summed E-state index contributed by atoms with van der Waals surface area (Å²) in [5.41, 5.74) is 10.1. The molecule has 2 heterocycles. The largest absolute Gasteiger partial charge is 0.341 e. The highest BCUT2D eigenvalue weighted by molar-refractivity contribution is 6.39. The van der Waals surface area contributed by atoms with Crippen molar-refractivity contribution in [2.45, 2.75) is 52.4 Å². The van der Waals surface area contributed by atoms with Gasteiger partial charge in [0.15, 0.2) is 5.78 Å². The molecule has 0 radical (unpaired) electrons. The maximum absolute atomic E-state index is 14.7. The molecule has 0 spiro atoms. The lowest BCUT2D eigenvalue weighted by molar-refractivity contribution is 0.103. The zero-order valence-corrected chi connectivity index (χ0v) is 24.7. The molecular weight excluding hydrogens is 535 g/mol. The second-order valence-corrected chi connectivity index (χ2v) is 11.6. The zero-order chi connectivity index (χ0) is 27.8. The van der Waals surface area contributed by atoms with Crippen molar-refractivity contribution in [2.75, 3.05) is 22.9 Å². The summed E-state index contributed by atoms with van der Waals surface area (Å²) in [6, 6.07) is 24.9. The number of unbranched alkanes of at least 4 members (excludes halogenated alkanes) is 2. The van der Waals surface area contributed by atoms with E-state index in [4.69, 9.17) is 23.2 Å². The van der Waals surface area contributed by atoms with Crippen molar-refractivity contribution < 1.29 is 4.79 Å². The lowest BCUT2D eigenvalue weighted by Crippen LogP contribution is -2.27. The van der Waals surface area contributed by atoms with Crippen molar-refractivity contribution in [3.05, 3.63) is 116 Å². The SMILES string of the molecule is CCCCN1c2ccccc2Cc2c1ccc(Cl)c2C(=O)c1c(Cl)ccc2c1Cc1ccccc1N2CCCC. The van der Waals surface area contributed by atoms with Gasteiger partial charge in [0.1, 0.15) is 0 Å². The molecule has 0 bridgehead atoms. The molecule has 204 valence electrons. The highest BCUT2D eigenvalue weighted by Gasteiger charge is 2.33. The summed E-state index contributed by atoms with van der Waals surface area (Å²) < 4.78 is 0. The smallest absolute Gasteiger partial charge is 0.196 e. The Labute approximate surface area is 247 Å². The Bertz CT molecular complexity index is 1480. The van der Waals surface area contributed by atoms with E-state index in [1.165, 1.54) is 22.5 Å². The summed E-state index contributed by atoms with van der Waals surface area (Å²) in [5, 5.41) is 0.956.